The molecule has 0 aromatic carbocycles. The average Bonchev–Trinajstić information content (AvgIpc) is 2.57. The van der Waals surface area contributed by atoms with Gasteiger partial charge in [-0.05, 0) is 39.0 Å². The molecule has 29 heavy (non-hydrogen) atoms. The quantitative estimate of drug-likeness (QED) is 0.593. The number of alkyl halides is 3. The number of nitrogens with one attached hydrogen (secondary N) is 1. The summed E-state index contributed by atoms with van der Waals surface area (Å²) in [5.41, 5.74) is 3.58. The Labute approximate surface area is 166 Å². The molecule has 2 heterocycles. The van der Waals surface area contributed by atoms with Crippen molar-refractivity contribution in [1.29, 1.82) is 0 Å². The van der Waals surface area contributed by atoms with Crippen LogP contribution >= 0.6 is 0 Å². The van der Waals surface area contributed by atoms with E-state index in [1.54, 1.807) is 6.92 Å². The average molecular weight is 412 g/mol. The minimum atomic E-state index is -2.85. The van der Waals surface area contributed by atoms with Crippen molar-refractivity contribution >= 4 is 11.9 Å². The number of nitrogens with zero attached hydrogens (tertiary/aromatic N) is 2. The van der Waals surface area contributed by atoms with Crippen LogP contribution in [0.2, 0.25) is 0 Å². The molecule has 0 radical (unpaired) electrons. The molecule has 0 saturated carbocycles. The van der Waals surface area contributed by atoms with E-state index < -0.39 is 29.3 Å². The number of carboxylic acid groups (broad SMARTS) is 1. The number of amides is 1. The minimum absolute atomic E-state index is 0.0219. The van der Waals surface area contributed by atoms with Crippen molar-refractivity contribution in [2.75, 3.05) is 11.9 Å². The highest BCUT2D eigenvalue weighted by molar-refractivity contribution is 5.82. The Morgan fingerprint density at radius 1 is 1.31 bits per heavy atom. The number of hydrogen-bond acceptors (Lipinski definition) is 5. The van der Waals surface area contributed by atoms with Gasteiger partial charge in [-0.2, -0.15) is 0 Å². The summed E-state index contributed by atoms with van der Waals surface area (Å²) in [6.45, 7) is 4.15. The molecule has 2 aromatic heterocycles. The number of aromatic nitrogens is 2. The smallest absolute Gasteiger partial charge is 0.410 e. The highest BCUT2D eigenvalue weighted by Crippen LogP contribution is 2.33. The molecule has 0 fully saturated rings. The zero-order chi connectivity index (χ0) is 21.8. The van der Waals surface area contributed by atoms with Gasteiger partial charge in [0.15, 0.2) is 0 Å². The largest absolute Gasteiger partial charge is 0.490 e. The van der Waals surface area contributed by atoms with E-state index in [1.165, 1.54) is 32.2 Å². The summed E-state index contributed by atoms with van der Waals surface area (Å²) in [4.78, 5) is 18.7. The summed E-state index contributed by atoms with van der Waals surface area (Å²) in [6.07, 6.45) is -1.72. The highest BCUT2D eigenvalue weighted by atomic mass is 19.3. The second kappa shape index (κ2) is 8.64. The van der Waals surface area contributed by atoms with E-state index >= 15 is 0 Å². The minimum Gasteiger partial charge on any atom is -0.490 e. The van der Waals surface area contributed by atoms with Crippen molar-refractivity contribution in [2.24, 2.45) is 5.73 Å². The molecule has 0 saturated heterocycles. The van der Waals surface area contributed by atoms with Gasteiger partial charge >= 0.3 is 6.09 Å². The lowest BCUT2D eigenvalue weighted by atomic mass is 9.91. The van der Waals surface area contributed by atoms with Crippen LogP contribution in [-0.2, 0) is 0 Å². The summed E-state index contributed by atoms with van der Waals surface area (Å²) in [6, 6.07) is 4.02. The molecule has 1 amide bonds. The molecular formula is C19H23F3N4O3. The maximum absolute atomic E-state index is 13.9. The van der Waals surface area contributed by atoms with Crippen molar-refractivity contribution in [3.05, 3.63) is 36.2 Å². The molecule has 158 valence electrons. The second-order valence-electron chi connectivity index (χ2n) is 7.61. The van der Waals surface area contributed by atoms with Crippen LogP contribution in [0.4, 0.5) is 23.8 Å². The molecule has 2 rings (SSSR count). The van der Waals surface area contributed by atoms with Crippen LogP contribution < -0.4 is 15.8 Å². The molecule has 1 atom stereocenters. The van der Waals surface area contributed by atoms with Gasteiger partial charge in [-0.3, -0.25) is 10.3 Å². The second-order valence-corrected chi connectivity index (χ2v) is 7.61. The first-order chi connectivity index (χ1) is 13.4. The molecule has 10 heteroatoms. The maximum Gasteiger partial charge on any atom is 0.410 e. The first-order valence-corrected chi connectivity index (χ1v) is 8.71. The van der Waals surface area contributed by atoms with Gasteiger partial charge < -0.3 is 15.6 Å². The summed E-state index contributed by atoms with van der Waals surface area (Å²) < 4.78 is 46.4. The van der Waals surface area contributed by atoms with Crippen molar-refractivity contribution in [3.8, 4) is 17.0 Å². The van der Waals surface area contributed by atoms with Gasteiger partial charge in [0, 0.05) is 18.2 Å². The third kappa shape index (κ3) is 6.90. The van der Waals surface area contributed by atoms with E-state index in [1.807, 2.05) is 0 Å². The number of hydrogen-bond donors (Lipinski definition) is 3. The van der Waals surface area contributed by atoms with E-state index in [9.17, 15) is 18.0 Å². The van der Waals surface area contributed by atoms with Crippen LogP contribution in [-0.4, -0.2) is 39.0 Å². The Balaban J connectivity index is 2.26. The van der Waals surface area contributed by atoms with Crippen LogP contribution in [0.5, 0.6) is 5.75 Å². The van der Waals surface area contributed by atoms with Crippen LogP contribution in [0.15, 0.2) is 30.6 Å². The predicted octanol–water partition coefficient (Wildman–Crippen LogP) is 4.41. The van der Waals surface area contributed by atoms with E-state index in [0.29, 0.717) is 5.56 Å². The van der Waals surface area contributed by atoms with Crippen LogP contribution in [0.1, 0.15) is 39.2 Å². The summed E-state index contributed by atoms with van der Waals surface area (Å²) in [5, 5.41) is 10.8. The fraction of sp³-hybridized carbons (Fsp3) is 0.421. The van der Waals surface area contributed by atoms with E-state index in [-0.39, 0.29) is 30.3 Å². The lowest BCUT2D eigenvalue weighted by molar-refractivity contribution is 0.116. The standard InChI is InChI=1S/C19H23F3N4O3/c1-18(2,22)9-19(3,23)10-29-14-8-25-13(7-12(14)16(20)21)11-4-5-24-15(6-11)26-17(27)28/h4-8,16H,9-10,23H2,1-3H3,(H,24,26)(H,27,28)/t19-/m0/s1. The first-order valence-electron chi connectivity index (χ1n) is 8.71. The monoisotopic (exact) mass is 412 g/mol. The normalized spacial score (nSPS) is 13.8. The fourth-order valence-electron chi connectivity index (χ4n) is 2.93. The fourth-order valence-corrected chi connectivity index (χ4v) is 2.93. The first kappa shape index (κ1) is 22.4. The number of ether oxygens (including phenoxy) is 1. The van der Waals surface area contributed by atoms with Gasteiger partial charge in [-0.25, -0.2) is 22.9 Å². The van der Waals surface area contributed by atoms with Crippen LogP contribution in [0.25, 0.3) is 11.3 Å². The van der Waals surface area contributed by atoms with Crippen LogP contribution in [0, 0.1) is 0 Å². The number of pyridine rings is 2. The van der Waals surface area contributed by atoms with E-state index in [2.05, 4.69) is 15.3 Å². The lowest BCUT2D eigenvalue weighted by Gasteiger charge is -2.30. The van der Waals surface area contributed by atoms with Crippen LogP contribution in [0.3, 0.4) is 0 Å². The van der Waals surface area contributed by atoms with Gasteiger partial charge in [0.25, 0.3) is 6.43 Å². The van der Waals surface area contributed by atoms with Crippen molar-refractivity contribution in [2.45, 2.75) is 44.8 Å². The Hall–Kier alpha value is -2.88. The number of nitrogens with two attached hydrogens (primary N) is 1. The third-order valence-corrected chi connectivity index (χ3v) is 3.81. The SMILES string of the molecule is CC(C)(F)C[C@](C)(N)COc1cnc(-c2ccnc(NC(=O)O)c2)cc1C(F)F. The van der Waals surface area contributed by atoms with E-state index in [0.717, 1.165) is 12.3 Å². The van der Waals surface area contributed by atoms with Gasteiger partial charge in [0.2, 0.25) is 0 Å². The Bertz CT molecular complexity index is 870. The molecule has 2 aromatic rings. The molecule has 0 aliphatic rings. The molecule has 0 aliphatic heterocycles. The Kier molecular flexibility index (Phi) is 6.68. The van der Waals surface area contributed by atoms with Crippen molar-refractivity contribution in [1.82, 2.24) is 9.97 Å². The summed E-state index contributed by atoms with van der Waals surface area (Å²) in [5.74, 6) is -0.126. The predicted molar refractivity (Wildman–Crippen MR) is 102 cm³/mol. The Morgan fingerprint density at radius 2 is 2.00 bits per heavy atom. The number of rotatable bonds is 8. The van der Waals surface area contributed by atoms with Gasteiger partial charge in [-0.1, -0.05) is 0 Å². The van der Waals surface area contributed by atoms with Gasteiger partial charge in [0.05, 0.1) is 23.0 Å². The Morgan fingerprint density at radius 3 is 2.59 bits per heavy atom. The van der Waals surface area contributed by atoms with E-state index in [4.69, 9.17) is 15.6 Å². The molecule has 0 aliphatic carbocycles. The summed E-state index contributed by atoms with van der Waals surface area (Å²) >= 11 is 0. The van der Waals surface area contributed by atoms with Crippen molar-refractivity contribution in [3.63, 3.8) is 0 Å². The molecule has 7 nitrogen and oxygen atoms in total. The third-order valence-electron chi connectivity index (χ3n) is 3.81. The van der Waals surface area contributed by atoms with Crippen molar-refractivity contribution < 1.29 is 27.8 Å². The molecular weight excluding hydrogens is 389 g/mol. The van der Waals surface area contributed by atoms with Gasteiger partial charge in [0.1, 0.15) is 23.8 Å². The zero-order valence-electron chi connectivity index (χ0n) is 16.2. The number of halogens is 3. The number of anilines is 1. The molecule has 0 unspecified atom stereocenters. The zero-order valence-corrected chi connectivity index (χ0v) is 16.2. The summed E-state index contributed by atoms with van der Waals surface area (Å²) in [7, 11) is 0. The number of carbonyl (C=O) groups is 1. The highest BCUT2D eigenvalue weighted by Gasteiger charge is 2.30. The maximum atomic E-state index is 13.9. The van der Waals surface area contributed by atoms with Gasteiger partial charge in [-0.15, -0.1) is 0 Å². The topological polar surface area (TPSA) is 110 Å². The molecule has 0 bridgehead atoms. The lowest BCUT2D eigenvalue weighted by Crippen LogP contribution is -2.46. The molecule has 0 spiro atoms. The molecule has 4 N–H and O–H groups in total.